The summed E-state index contributed by atoms with van der Waals surface area (Å²) < 4.78 is 0. The first-order valence-electron chi connectivity index (χ1n) is 8.76. The van der Waals surface area contributed by atoms with Gasteiger partial charge in [-0.15, -0.1) is 0 Å². The van der Waals surface area contributed by atoms with Crippen molar-refractivity contribution in [1.29, 1.82) is 0 Å². The van der Waals surface area contributed by atoms with Crippen LogP contribution in [0.15, 0.2) is 18.5 Å². The van der Waals surface area contributed by atoms with E-state index < -0.39 is 5.54 Å². The molecule has 1 aromatic heterocycles. The summed E-state index contributed by atoms with van der Waals surface area (Å²) >= 11 is 5.92. The van der Waals surface area contributed by atoms with Gasteiger partial charge in [0.05, 0.1) is 10.6 Å². The third-order valence-electron chi connectivity index (χ3n) is 5.11. The van der Waals surface area contributed by atoms with Crippen LogP contribution in [0.5, 0.6) is 0 Å². The Morgan fingerprint density at radius 2 is 1.92 bits per heavy atom. The number of piperidine rings is 1. The molecule has 26 heavy (non-hydrogen) atoms. The number of nitrogens with zero attached hydrogens (tertiary/aromatic N) is 4. The van der Waals surface area contributed by atoms with Crippen LogP contribution >= 0.6 is 11.6 Å². The van der Waals surface area contributed by atoms with E-state index in [1.807, 2.05) is 13.8 Å². The van der Waals surface area contributed by atoms with Crippen LogP contribution in [0.25, 0.3) is 0 Å². The van der Waals surface area contributed by atoms with Gasteiger partial charge in [0.15, 0.2) is 0 Å². The smallest absolute Gasteiger partial charge is 0.327 e. The normalized spacial score (nSPS) is 19.8. The van der Waals surface area contributed by atoms with Crippen molar-refractivity contribution in [2.45, 2.75) is 32.2 Å². The molecular formula is C18H23ClN4O3. The number of likely N-dealkylation sites (N-methyl/N-ethyl adjacent to an activating group) is 1. The molecule has 0 radical (unpaired) electrons. The number of amides is 4. The van der Waals surface area contributed by atoms with Crippen molar-refractivity contribution in [3.05, 3.63) is 29.0 Å². The Bertz CT molecular complexity index is 744. The number of rotatable bonds is 3. The maximum Gasteiger partial charge on any atom is 0.327 e. The fraction of sp³-hybridized carbons (Fsp3) is 0.556. The van der Waals surface area contributed by atoms with E-state index in [1.165, 1.54) is 24.3 Å². The Morgan fingerprint density at radius 3 is 2.50 bits per heavy atom. The SMILES string of the molecule is CC(C)CN1C(=O)N(C)C(=O)C12CCN(C(=O)c1cncc(Cl)c1)CC2. The van der Waals surface area contributed by atoms with Crippen molar-refractivity contribution in [3.63, 3.8) is 0 Å². The number of urea groups is 1. The molecule has 2 fully saturated rings. The van der Waals surface area contributed by atoms with E-state index in [-0.39, 0.29) is 23.8 Å². The van der Waals surface area contributed by atoms with Crippen LogP contribution in [-0.2, 0) is 4.79 Å². The first kappa shape index (κ1) is 18.6. The summed E-state index contributed by atoms with van der Waals surface area (Å²) in [6, 6.07) is 1.34. The first-order valence-corrected chi connectivity index (χ1v) is 9.13. The highest BCUT2D eigenvalue weighted by Crippen LogP contribution is 2.37. The van der Waals surface area contributed by atoms with E-state index in [9.17, 15) is 14.4 Å². The highest BCUT2D eigenvalue weighted by atomic mass is 35.5. The zero-order valence-electron chi connectivity index (χ0n) is 15.2. The summed E-state index contributed by atoms with van der Waals surface area (Å²) in [7, 11) is 1.53. The van der Waals surface area contributed by atoms with Crippen LogP contribution in [0.4, 0.5) is 4.79 Å². The zero-order chi connectivity index (χ0) is 19.1. The van der Waals surface area contributed by atoms with Crippen LogP contribution < -0.4 is 0 Å². The number of hydrogen-bond acceptors (Lipinski definition) is 4. The molecule has 140 valence electrons. The van der Waals surface area contributed by atoms with E-state index in [0.29, 0.717) is 43.1 Å². The van der Waals surface area contributed by atoms with Gasteiger partial charge in [-0.25, -0.2) is 4.79 Å². The van der Waals surface area contributed by atoms with E-state index in [1.54, 1.807) is 15.9 Å². The van der Waals surface area contributed by atoms with Crippen molar-refractivity contribution in [3.8, 4) is 0 Å². The number of halogens is 1. The van der Waals surface area contributed by atoms with Crippen LogP contribution in [0.3, 0.4) is 0 Å². The van der Waals surface area contributed by atoms with Gasteiger partial charge < -0.3 is 9.80 Å². The van der Waals surface area contributed by atoms with Crippen molar-refractivity contribution in [2.75, 3.05) is 26.7 Å². The van der Waals surface area contributed by atoms with Crippen LogP contribution in [0.1, 0.15) is 37.0 Å². The zero-order valence-corrected chi connectivity index (χ0v) is 16.0. The number of aromatic nitrogens is 1. The third kappa shape index (κ3) is 3.05. The van der Waals surface area contributed by atoms with Crippen LogP contribution in [0.2, 0.25) is 5.02 Å². The maximum atomic E-state index is 12.8. The molecule has 2 aliphatic heterocycles. The Labute approximate surface area is 157 Å². The average Bonchev–Trinajstić information content (AvgIpc) is 2.78. The first-order chi connectivity index (χ1) is 12.3. The lowest BCUT2D eigenvalue weighted by atomic mass is 9.85. The van der Waals surface area contributed by atoms with E-state index in [4.69, 9.17) is 11.6 Å². The Morgan fingerprint density at radius 1 is 1.27 bits per heavy atom. The Hall–Kier alpha value is -2.15. The van der Waals surface area contributed by atoms with Crippen molar-refractivity contribution in [1.82, 2.24) is 19.7 Å². The monoisotopic (exact) mass is 378 g/mol. The molecule has 0 aromatic carbocycles. The third-order valence-corrected chi connectivity index (χ3v) is 5.32. The Kier molecular flexibility index (Phi) is 4.92. The van der Waals surface area contributed by atoms with Crippen molar-refractivity contribution < 1.29 is 14.4 Å². The minimum absolute atomic E-state index is 0.157. The van der Waals surface area contributed by atoms with Crippen LogP contribution in [0, 0.1) is 5.92 Å². The fourth-order valence-electron chi connectivity index (χ4n) is 3.77. The summed E-state index contributed by atoms with van der Waals surface area (Å²) in [5, 5.41) is 0.408. The number of carbonyl (C=O) groups excluding carboxylic acids is 3. The van der Waals surface area contributed by atoms with Gasteiger partial charge in [0, 0.05) is 39.1 Å². The predicted octanol–water partition coefficient (Wildman–Crippen LogP) is 2.26. The number of likely N-dealkylation sites (tertiary alicyclic amines) is 1. The standard InChI is InChI=1S/C18H23ClN4O3/c1-12(2)11-23-17(26)21(3)16(25)18(23)4-6-22(7-5-18)15(24)13-8-14(19)10-20-9-13/h8-10,12H,4-7,11H2,1-3H3. The number of carbonyl (C=O) groups is 3. The molecule has 4 amide bonds. The second-order valence-electron chi connectivity index (χ2n) is 7.37. The van der Waals surface area contributed by atoms with Crippen molar-refractivity contribution in [2.24, 2.45) is 5.92 Å². The van der Waals surface area contributed by atoms with Gasteiger partial charge in [0.1, 0.15) is 5.54 Å². The number of hydrogen-bond donors (Lipinski definition) is 0. The molecule has 1 spiro atoms. The number of pyridine rings is 1. The molecule has 0 atom stereocenters. The van der Waals surface area contributed by atoms with Gasteiger partial charge >= 0.3 is 6.03 Å². The second-order valence-corrected chi connectivity index (χ2v) is 7.80. The molecule has 3 rings (SSSR count). The molecule has 0 unspecified atom stereocenters. The summed E-state index contributed by atoms with van der Waals surface area (Å²) in [6.07, 6.45) is 3.84. The minimum atomic E-state index is -0.834. The quantitative estimate of drug-likeness (QED) is 0.756. The molecule has 0 saturated carbocycles. The molecule has 8 heteroatoms. The second kappa shape index (κ2) is 6.87. The lowest BCUT2D eigenvalue weighted by molar-refractivity contribution is -0.134. The molecular weight excluding hydrogens is 356 g/mol. The molecule has 2 saturated heterocycles. The summed E-state index contributed by atoms with van der Waals surface area (Å²) in [4.78, 5) is 46.6. The highest BCUT2D eigenvalue weighted by molar-refractivity contribution is 6.30. The minimum Gasteiger partial charge on any atom is -0.338 e. The average molecular weight is 379 g/mol. The molecule has 2 aliphatic rings. The molecule has 1 aromatic rings. The predicted molar refractivity (Wildman–Crippen MR) is 96.8 cm³/mol. The summed E-state index contributed by atoms with van der Waals surface area (Å²) in [5.41, 5.74) is -0.405. The topological polar surface area (TPSA) is 73.8 Å². The number of imide groups is 1. The summed E-state index contributed by atoms with van der Waals surface area (Å²) in [6.45, 7) is 5.39. The maximum absolute atomic E-state index is 12.8. The van der Waals surface area contributed by atoms with Gasteiger partial charge in [0.2, 0.25) is 0 Å². The van der Waals surface area contributed by atoms with Crippen molar-refractivity contribution >= 4 is 29.4 Å². The lowest BCUT2D eigenvalue weighted by Crippen LogP contribution is -2.58. The van der Waals surface area contributed by atoms with Gasteiger partial charge in [-0.1, -0.05) is 25.4 Å². The van der Waals surface area contributed by atoms with Gasteiger partial charge in [-0.3, -0.25) is 19.5 Å². The molecule has 0 aliphatic carbocycles. The highest BCUT2D eigenvalue weighted by Gasteiger charge is 2.57. The molecule has 3 heterocycles. The van der Waals surface area contributed by atoms with E-state index in [2.05, 4.69) is 4.98 Å². The van der Waals surface area contributed by atoms with Crippen LogP contribution in [-0.4, -0.2) is 69.8 Å². The summed E-state index contributed by atoms with van der Waals surface area (Å²) in [5.74, 6) is -0.0672. The Balaban J connectivity index is 1.78. The lowest BCUT2D eigenvalue weighted by Gasteiger charge is -2.42. The largest absolute Gasteiger partial charge is 0.338 e. The molecule has 0 bridgehead atoms. The molecule has 0 N–H and O–H groups in total. The fourth-order valence-corrected chi connectivity index (χ4v) is 3.95. The molecule has 7 nitrogen and oxygen atoms in total. The van der Waals surface area contributed by atoms with Gasteiger partial charge in [-0.05, 0) is 24.8 Å². The van der Waals surface area contributed by atoms with E-state index >= 15 is 0 Å². The van der Waals surface area contributed by atoms with E-state index in [0.717, 1.165) is 0 Å². The van der Waals surface area contributed by atoms with Gasteiger partial charge in [-0.2, -0.15) is 0 Å². The van der Waals surface area contributed by atoms with Gasteiger partial charge in [0.25, 0.3) is 11.8 Å².